The minimum Gasteiger partial charge on any atom is -0.377 e. The fourth-order valence-electron chi connectivity index (χ4n) is 3.09. The molecular weight excluding hydrogens is 230 g/mol. The molecule has 0 N–H and O–H groups in total. The van der Waals surface area contributed by atoms with Gasteiger partial charge in [-0.1, -0.05) is 13.3 Å². The predicted octanol–water partition coefficient (Wildman–Crippen LogP) is 2.98. The van der Waals surface area contributed by atoms with Crippen LogP contribution in [0.15, 0.2) is 0 Å². The van der Waals surface area contributed by atoms with Crippen molar-refractivity contribution >= 4 is 12.6 Å². The van der Waals surface area contributed by atoms with Crippen LogP contribution in [0.2, 0.25) is 0 Å². The molecule has 1 saturated carbocycles. The molecule has 1 atom stereocenters. The van der Waals surface area contributed by atoms with Crippen molar-refractivity contribution in [2.75, 3.05) is 32.0 Å². The van der Waals surface area contributed by atoms with E-state index < -0.39 is 0 Å². The van der Waals surface area contributed by atoms with Crippen molar-refractivity contribution in [1.82, 2.24) is 4.90 Å². The second kappa shape index (κ2) is 6.44. The lowest BCUT2D eigenvalue weighted by molar-refractivity contribution is -0.0188. The molecule has 2 fully saturated rings. The van der Waals surface area contributed by atoms with Crippen LogP contribution in [0.1, 0.15) is 45.4 Å². The molecule has 2 aliphatic rings. The minimum atomic E-state index is 0.487. The lowest BCUT2D eigenvalue weighted by atomic mass is 9.69. The number of ether oxygens (including phenoxy) is 1. The molecule has 2 rings (SSSR count). The van der Waals surface area contributed by atoms with E-state index in [1.807, 2.05) is 0 Å². The van der Waals surface area contributed by atoms with Crippen LogP contribution in [0.5, 0.6) is 0 Å². The number of hydrogen-bond acceptors (Lipinski definition) is 3. The molecule has 3 heteroatoms. The second-order valence-corrected chi connectivity index (χ2v) is 6.20. The largest absolute Gasteiger partial charge is 0.377 e. The highest BCUT2D eigenvalue weighted by molar-refractivity contribution is 7.80. The molecule has 100 valence electrons. The summed E-state index contributed by atoms with van der Waals surface area (Å²) in [6.07, 6.45) is 8.35. The van der Waals surface area contributed by atoms with E-state index in [4.69, 9.17) is 4.74 Å². The molecule has 1 heterocycles. The monoisotopic (exact) mass is 257 g/mol. The Kier molecular flexibility index (Phi) is 5.19. The van der Waals surface area contributed by atoms with Crippen LogP contribution >= 0.6 is 12.6 Å². The van der Waals surface area contributed by atoms with Crippen LogP contribution in [-0.2, 0) is 4.74 Å². The third-order valence-corrected chi connectivity index (χ3v) is 5.00. The van der Waals surface area contributed by atoms with Gasteiger partial charge in [0.2, 0.25) is 0 Å². The Morgan fingerprint density at radius 3 is 2.76 bits per heavy atom. The van der Waals surface area contributed by atoms with E-state index in [1.54, 1.807) is 0 Å². The number of likely N-dealkylation sites (tertiary alicyclic amines) is 1. The quantitative estimate of drug-likeness (QED) is 0.735. The first-order valence-electron chi connectivity index (χ1n) is 7.23. The van der Waals surface area contributed by atoms with Gasteiger partial charge in [-0.05, 0) is 49.8 Å². The normalized spacial score (nSPS) is 28.9. The maximum atomic E-state index is 5.90. The van der Waals surface area contributed by atoms with Crippen LogP contribution in [0.3, 0.4) is 0 Å². The van der Waals surface area contributed by atoms with Gasteiger partial charge in [0.25, 0.3) is 0 Å². The van der Waals surface area contributed by atoms with Crippen molar-refractivity contribution in [3.63, 3.8) is 0 Å². The SMILES string of the molecule is CCCOC1CCCN(CC2(CS)CCC2)C1. The number of hydrogen-bond donors (Lipinski definition) is 1. The third-order valence-electron chi connectivity index (χ3n) is 4.33. The van der Waals surface area contributed by atoms with E-state index in [-0.39, 0.29) is 0 Å². The molecule has 0 spiro atoms. The number of piperidine rings is 1. The maximum absolute atomic E-state index is 5.90. The molecule has 17 heavy (non-hydrogen) atoms. The van der Waals surface area contributed by atoms with Crippen LogP contribution in [-0.4, -0.2) is 43.0 Å². The zero-order valence-electron chi connectivity index (χ0n) is 11.2. The molecule has 1 aliphatic heterocycles. The summed E-state index contributed by atoms with van der Waals surface area (Å²) < 4.78 is 5.90. The molecule has 0 bridgehead atoms. The molecule has 1 aliphatic carbocycles. The lowest BCUT2D eigenvalue weighted by Crippen LogP contribution is -2.48. The van der Waals surface area contributed by atoms with Gasteiger partial charge in [-0.25, -0.2) is 0 Å². The molecule has 0 aromatic carbocycles. The average Bonchev–Trinajstić information content (AvgIpc) is 2.32. The van der Waals surface area contributed by atoms with Crippen LogP contribution in [0, 0.1) is 5.41 Å². The van der Waals surface area contributed by atoms with Gasteiger partial charge >= 0.3 is 0 Å². The van der Waals surface area contributed by atoms with Gasteiger partial charge in [0.1, 0.15) is 0 Å². The van der Waals surface area contributed by atoms with Crippen LogP contribution in [0.25, 0.3) is 0 Å². The first kappa shape index (κ1) is 13.7. The maximum Gasteiger partial charge on any atom is 0.0702 e. The second-order valence-electron chi connectivity index (χ2n) is 5.88. The molecule has 0 amide bonds. The summed E-state index contributed by atoms with van der Waals surface area (Å²) in [6.45, 7) is 6.78. The fourth-order valence-corrected chi connectivity index (χ4v) is 3.51. The summed E-state index contributed by atoms with van der Waals surface area (Å²) in [6, 6.07) is 0. The van der Waals surface area contributed by atoms with E-state index in [0.717, 1.165) is 25.3 Å². The van der Waals surface area contributed by atoms with Gasteiger partial charge in [-0.3, -0.25) is 0 Å². The van der Waals surface area contributed by atoms with Crippen molar-refractivity contribution in [2.24, 2.45) is 5.41 Å². The Hall–Kier alpha value is 0.270. The summed E-state index contributed by atoms with van der Waals surface area (Å²) in [7, 11) is 0. The number of nitrogens with zero attached hydrogens (tertiary/aromatic N) is 1. The minimum absolute atomic E-state index is 0.487. The number of rotatable bonds is 6. The Balaban J connectivity index is 1.76. The van der Waals surface area contributed by atoms with Crippen LogP contribution < -0.4 is 0 Å². The van der Waals surface area contributed by atoms with E-state index >= 15 is 0 Å². The van der Waals surface area contributed by atoms with Gasteiger partial charge in [0, 0.05) is 19.7 Å². The van der Waals surface area contributed by atoms with E-state index in [0.29, 0.717) is 11.5 Å². The molecule has 1 unspecified atom stereocenters. The molecule has 1 saturated heterocycles. The average molecular weight is 257 g/mol. The Morgan fingerprint density at radius 1 is 1.35 bits per heavy atom. The first-order valence-corrected chi connectivity index (χ1v) is 7.86. The van der Waals surface area contributed by atoms with Crippen molar-refractivity contribution in [3.05, 3.63) is 0 Å². The molecule has 2 nitrogen and oxygen atoms in total. The van der Waals surface area contributed by atoms with Crippen molar-refractivity contribution < 1.29 is 4.74 Å². The zero-order valence-corrected chi connectivity index (χ0v) is 12.1. The van der Waals surface area contributed by atoms with Gasteiger partial charge < -0.3 is 9.64 Å². The first-order chi connectivity index (χ1) is 8.28. The van der Waals surface area contributed by atoms with Crippen molar-refractivity contribution in [3.8, 4) is 0 Å². The van der Waals surface area contributed by atoms with E-state index in [9.17, 15) is 0 Å². The topological polar surface area (TPSA) is 12.5 Å². The Bertz CT molecular complexity index is 225. The summed E-state index contributed by atoms with van der Waals surface area (Å²) in [4.78, 5) is 2.62. The number of thiol groups is 1. The third kappa shape index (κ3) is 3.62. The van der Waals surface area contributed by atoms with E-state index in [1.165, 1.54) is 45.2 Å². The highest BCUT2D eigenvalue weighted by atomic mass is 32.1. The summed E-state index contributed by atoms with van der Waals surface area (Å²) >= 11 is 4.55. The highest BCUT2D eigenvalue weighted by Gasteiger charge is 2.38. The predicted molar refractivity (Wildman–Crippen MR) is 75.8 cm³/mol. The highest BCUT2D eigenvalue weighted by Crippen LogP contribution is 2.42. The molecule has 0 aromatic rings. The van der Waals surface area contributed by atoms with Crippen molar-refractivity contribution in [2.45, 2.75) is 51.6 Å². The fraction of sp³-hybridized carbons (Fsp3) is 1.00. The van der Waals surface area contributed by atoms with Gasteiger partial charge in [0.05, 0.1) is 6.10 Å². The standard InChI is InChI=1S/C14H27NOS/c1-2-9-16-13-5-3-8-15(10-13)11-14(12-17)6-4-7-14/h13,17H,2-12H2,1H3. The summed E-state index contributed by atoms with van der Waals surface area (Å²) in [5, 5.41) is 0. The zero-order chi connectivity index (χ0) is 12.1. The van der Waals surface area contributed by atoms with Gasteiger partial charge in [0.15, 0.2) is 0 Å². The molecular formula is C14H27NOS. The summed E-state index contributed by atoms with van der Waals surface area (Å²) in [5.74, 6) is 1.06. The smallest absolute Gasteiger partial charge is 0.0702 e. The Labute approximate surface area is 112 Å². The van der Waals surface area contributed by atoms with Crippen molar-refractivity contribution in [1.29, 1.82) is 0 Å². The molecule has 0 aromatic heterocycles. The van der Waals surface area contributed by atoms with Gasteiger partial charge in [-0.15, -0.1) is 0 Å². The van der Waals surface area contributed by atoms with Gasteiger partial charge in [-0.2, -0.15) is 12.6 Å². The van der Waals surface area contributed by atoms with Crippen LogP contribution in [0.4, 0.5) is 0 Å². The lowest BCUT2D eigenvalue weighted by Gasteiger charge is -2.46. The Morgan fingerprint density at radius 2 is 2.18 bits per heavy atom. The molecule has 0 radical (unpaired) electrons. The van der Waals surface area contributed by atoms with E-state index in [2.05, 4.69) is 24.5 Å². The summed E-state index contributed by atoms with van der Waals surface area (Å²) in [5.41, 5.74) is 0.537.